The van der Waals surface area contributed by atoms with Crippen LogP contribution in [0.3, 0.4) is 0 Å². The maximum Gasteiger partial charge on any atom is 0.331 e. The molecule has 2 aromatic carbocycles. The van der Waals surface area contributed by atoms with Gasteiger partial charge in [-0.2, -0.15) is 0 Å². The van der Waals surface area contributed by atoms with E-state index in [0.717, 1.165) is 10.8 Å². The van der Waals surface area contributed by atoms with E-state index in [4.69, 9.17) is 14.2 Å². The van der Waals surface area contributed by atoms with Crippen LogP contribution in [0.5, 0.6) is 0 Å². The van der Waals surface area contributed by atoms with Crippen molar-refractivity contribution in [3.63, 3.8) is 0 Å². The van der Waals surface area contributed by atoms with E-state index in [1.807, 2.05) is 24.3 Å². The van der Waals surface area contributed by atoms with Gasteiger partial charge in [0.2, 0.25) is 10.0 Å². The zero-order valence-corrected chi connectivity index (χ0v) is 16.1. The van der Waals surface area contributed by atoms with Crippen molar-refractivity contribution in [2.75, 3.05) is 26.9 Å². The largest absolute Gasteiger partial charge is 0.467 e. The van der Waals surface area contributed by atoms with Gasteiger partial charge in [-0.05, 0) is 22.9 Å². The average Bonchev–Trinajstić information content (AvgIpc) is 3.28. The quantitative estimate of drug-likeness (QED) is 0.709. The molecule has 9 heteroatoms. The zero-order chi connectivity index (χ0) is 19.7. The number of sulfonamides is 1. The number of fused-ring (bicyclic) bond motifs is 2. The molecule has 2 heterocycles. The second kappa shape index (κ2) is 7.76. The van der Waals surface area contributed by atoms with Gasteiger partial charge in [0.25, 0.3) is 0 Å². The van der Waals surface area contributed by atoms with Crippen molar-refractivity contribution < 1.29 is 32.2 Å². The van der Waals surface area contributed by atoms with Crippen molar-refractivity contribution in [2.45, 2.75) is 29.2 Å². The van der Waals surface area contributed by atoms with Crippen molar-refractivity contribution in [3.05, 3.63) is 42.5 Å². The molecule has 2 aromatic rings. The third kappa shape index (κ3) is 3.76. The molecule has 2 aliphatic heterocycles. The number of ether oxygens (including phenoxy) is 4. The van der Waals surface area contributed by atoms with Crippen LogP contribution < -0.4 is 4.72 Å². The standard InChI is InChI=1S/C19H21NO7S/c1-24-17(21)11-25-16-10-27-18-15(9-26-19(16)18)20-28(22,23)14-7-6-12-4-2-3-5-13(12)8-14/h2-8,15-16,18-20H,9-11H2,1H3/t15-,16-,18-,19+/m0/s1. The van der Waals surface area contributed by atoms with Crippen LogP contribution in [-0.4, -0.2) is 65.7 Å². The summed E-state index contributed by atoms with van der Waals surface area (Å²) in [5.74, 6) is -0.491. The van der Waals surface area contributed by atoms with E-state index in [-0.39, 0.29) is 24.7 Å². The van der Waals surface area contributed by atoms with Gasteiger partial charge in [-0.1, -0.05) is 30.3 Å². The number of hydrogen-bond acceptors (Lipinski definition) is 7. The average molecular weight is 407 g/mol. The molecule has 2 aliphatic rings. The molecule has 4 atom stereocenters. The van der Waals surface area contributed by atoms with Crippen LogP contribution >= 0.6 is 0 Å². The summed E-state index contributed by atoms with van der Waals surface area (Å²) in [4.78, 5) is 11.4. The lowest BCUT2D eigenvalue weighted by atomic mass is 10.1. The van der Waals surface area contributed by atoms with Crippen molar-refractivity contribution in [1.29, 1.82) is 0 Å². The highest BCUT2D eigenvalue weighted by Crippen LogP contribution is 2.30. The molecule has 0 unspecified atom stereocenters. The number of rotatable bonds is 6. The van der Waals surface area contributed by atoms with Crippen LogP contribution in [0.4, 0.5) is 0 Å². The van der Waals surface area contributed by atoms with Gasteiger partial charge in [0, 0.05) is 0 Å². The number of benzene rings is 2. The first kappa shape index (κ1) is 19.3. The Bertz CT molecular complexity index is 977. The molecule has 2 fully saturated rings. The minimum atomic E-state index is -3.75. The van der Waals surface area contributed by atoms with Gasteiger partial charge in [0.05, 0.1) is 31.3 Å². The number of carbonyl (C=O) groups excluding carboxylic acids is 1. The number of methoxy groups -OCH3 is 1. The van der Waals surface area contributed by atoms with Gasteiger partial charge in [-0.25, -0.2) is 17.9 Å². The Hall–Kier alpha value is -2.04. The fourth-order valence-electron chi connectivity index (χ4n) is 3.54. The summed E-state index contributed by atoms with van der Waals surface area (Å²) in [6.45, 7) is 0.186. The fraction of sp³-hybridized carbons (Fsp3) is 0.421. The summed E-state index contributed by atoms with van der Waals surface area (Å²) < 4.78 is 49.8. The number of hydrogen-bond donors (Lipinski definition) is 1. The Kier molecular flexibility index (Phi) is 5.35. The molecule has 2 saturated heterocycles. The second-order valence-electron chi connectivity index (χ2n) is 6.76. The van der Waals surface area contributed by atoms with Crippen molar-refractivity contribution in [2.24, 2.45) is 0 Å². The van der Waals surface area contributed by atoms with Crippen LogP contribution in [0.25, 0.3) is 10.8 Å². The number of nitrogens with one attached hydrogen (secondary N) is 1. The van der Waals surface area contributed by atoms with E-state index >= 15 is 0 Å². The zero-order valence-electron chi connectivity index (χ0n) is 15.2. The third-order valence-electron chi connectivity index (χ3n) is 4.99. The molecule has 0 aliphatic carbocycles. The second-order valence-corrected chi connectivity index (χ2v) is 8.47. The highest BCUT2D eigenvalue weighted by Gasteiger charge is 2.49. The molecule has 0 saturated carbocycles. The van der Waals surface area contributed by atoms with Crippen LogP contribution in [0.15, 0.2) is 47.4 Å². The monoisotopic (exact) mass is 407 g/mol. The van der Waals surface area contributed by atoms with Gasteiger partial charge in [0.15, 0.2) is 0 Å². The number of carbonyl (C=O) groups is 1. The third-order valence-corrected chi connectivity index (χ3v) is 6.48. The molecule has 0 amide bonds. The molecule has 150 valence electrons. The summed E-state index contributed by atoms with van der Waals surface area (Å²) in [5, 5.41) is 1.81. The highest BCUT2D eigenvalue weighted by atomic mass is 32.2. The SMILES string of the molecule is COC(=O)CO[C@H]1CO[C@@H]2[C@@H]1OC[C@@H]2NS(=O)(=O)c1ccc2ccccc2c1. The van der Waals surface area contributed by atoms with E-state index in [0.29, 0.717) is 0 Å². The predicted molar refractivity (Wildman–Crippen MR) is 99.3 cm³/mol. The smallest absolute Gasteiger partial charge is 0.331 e. The molecule has 0 spiro atoms. The lowest BCUT2D eigenvalue weighted by Crippen LogP contribution is -2.44. The molecule has 4 rings (SSSR count). The van der Waals surface area contributed by atoms with Crippen LogP contribution in [0.1, 0.15) is 0 Å². The lowest BCUT2D eigenvalue weighted by molar-refractivity contribution is -0.150. The van der Waals surface area contributed by atoms with Crippen molar-refractivity contribution in [3.8, 4) is 0 Å². The molecular weight excluding hydrogens is 386 g/mol. The minimum Gasteiger partial charge on any atom is -0.467 e. The first-order valence-corrected chi connectivity index (χ1v) is 10.4. The molecular formula is C19H21NO7S. The van der Waals surface area contributed by atoms with Gasteiger partial charge in [-0.3, -0.25) is 0 Å². The van der Waals surface area contributed by atoms with E-state index < -0.39 is 40.3 Å². The topological polar surface area (TPSA) is 100 Å². The summed E-state index contributed by atoms with van der Waals surface area (Å²) in [7, 11) is -2.46. The van der Waals surface area contributed by atoms with E-state index in [2.05, 4.69) is 9.46 Å². The van der Waals surface area contributed by atoms with Crippen molar-refractivity contribution in [1.82, 2.24) is 4.72 Å². The predicted octanol–water partition coefficient (Wildman–Crippen LogP) is 0.843. The lowest BCUT2D eigenvalue weighted by Gasteiger charge is -2.18. The van der Waals surface area contributed by atoms with Crippen LogP contribution in [-0.2, 0) is 33.8 Å². The Morgan fingerprint density at radius 1 is 1.11 bits per heavy atom. The van der Waals surface area contributed by atoms with Crippen molar-refractivity contribution >= 4 is 26.8 Å². The highest BCUT2D eigenvalue weighted by molar-refractivity contribution is 7.89. The Balaban J connectivity index is 1.44. The van der Waals surface area contributed by atoms with Gasteiger partial charge in [0.1, 0.15) is 24.9 Å². The Morgan fingerprint density at radius 2 is 1.86 bits per heavy atom. The van der Waals surface area contributed by atoms with E-state index in [9.17, 15) is 13.2 Å². The molecule has 1 N–H and O–H groups in total. The van der Waals surface area contributed by atoms with Crippen LogP contribution in [0, 0.1) is 0 Å². The minimum absolute atomic E-state index is 0.167. The Labute approximate surface area is 162 Å². The summed E-state index contributed by atoms with van der Waals surface area (Å²) >= 11 is 0. The maximum atomic E-state index is 12.8. The normalized spacial score (nSPS) is 27.0. The number of esters is 1. The molecule has 0 bridgehead atoms. The summed E-state index contributed by atoms with van der Waals surface area (Å²) in [5.41, 5.74) is 0. The molecule has 8 nitrogen and oxygen atoms in total. The van der Waals surface area contributed by atoms with E-state index in [1.165, 1.54) is 7.11 Å². The first-order valence-electron chi connectivity index (χ1n) is 8.91. The first-order chi connectivity index (χ1) is 13.5. The van der Waals surface area contributed by atoms with Gasteiger partial charge < -0.3 is 18.9 Å². The molecule has 0 radical (unpaired) electrons. The van der Waals surface area contributed by atoms with Crippen LogP contribution in [0.2, 0.25) is 0 Å². The Morgan fingerprint density at radius 3 is 2.64 bits per heavy atom. The van der Waals surface area contributed by atoms with Gasteiger partial charge >= 0.3 is 5.97 Å². The van der Waals surface area contributed by atoms with E-state index in [1.54, 1.807) is 18.2 Å². The molecule has 0 aromatic heterocycles. The molecule has 28 heavy (non-hydrogen) atoms. The van der Waals surface area contributed by atoms with Gasteiger partial charge in [-0.15, -0.1) is 0 Å². The fourth-order valence-corrected chi connectivity index (χ4v) is 4.81. The summed E-state index contributed by atoms with van der Waals surface area (Å²) in [6, 6.07) is 12.0. The maximum absolute atomic E-state index is 12.8. The summed E-state index contributed by atoms with van der Waals surface area (Å²) in [6.07, 6.45) is -1.36.